The van der Waals surface area contributed by atoms with E-state index >= 15 is 0 Å². The van der Waals surface area contributed by atoms with E-state index in [1.165, 1.54) is 10.5 Å². The first-order valence-electron chi connectivity index (χ1n) is 7.11. The number of aryl methyl sites for hydroxylation is 1. The van der Waals surface area contributed by atoms with E-state index in [1.54, 1.807) is 0 Å². The normalized spacial score (nSPS) is 15.4. The molecule has 0 aliphatic carbocycles. The zero-order chi connectivity index (χ0) is 14.8. The van der Waals surface area contributed by atoms with E-state index in [-0.39, 0.29) is 13.2 Å². The Labute approximate surface area is 124 Å². The van der Waals surface area contributed by atoms with Crippen molar-refractivity contribution in [3.63, 3.8) is 0 Å². The highest BCUT2D eigenvalue weighted by Crippen LogP contribution is 2.11. The van der Waals surface area contributed by atoms with Crippen molar-refractivity contribution >= 4 is 17.5 Å². The number of amides is 2. The minimum atomic E-state index is -0.0628. The predicted molar refractivity (Wildman–Crippen MR) is 79.7 cm³/mol. The van der Waals surface area contributed by atoms with Gasteiger partial charge >= 0.3 is 0 Å². The Bertz CT molecular complexity index is 682. The molecule has 21 heavy (non-hydrogen) atoms. The fourth-order valence-electron chi connectivity index (χ4n) is 2.55. The zero-order valence-corrected chi connectivity index (χ0v) is 12.0. The van der Waals surface area contributed by atoms with E-state index in [1.807, 2.05) is 31.5 Å². The van der Waals surface area contributed by atoms with Crippen LogP contribution in [0.5, 0.6) is 0 Å². The van der Waals surface area contributed by atoms with Gasteiger partial charge in [0.1, 0.15) is 5.65 Å². The molecular formula is C15H20N4O2. The summed E-state index contributed by atoms with van der Waals surface area (Å²) in [5.74, 6) is -0.126. The standard InChI is InChI=1S/C15H18N4O2.H2/c1-11-2-3-13-17-9-12(19(13)10-11)8-16-6-7-18-14(20)4-5-15(18)21;/h2-3,9-10,16H,4-8H2,1H3;1H. The number of hydrogen-bond acceptors (Lipinski definition) is 4. The molecule has 0 aromatic carbocycles. The summed E-state index contributed by atoms with van der Waals surface area (Å²) in [6.45, 7) is 3.73. The van der Waals surface area contributed by atoms with Crippen LogP contribution in [-0.4, -0.2) is 39.2 Å². The second-order valence-electron chi connectivity index (χ2n) is 5.30. The van der Waals surface area contributed by atoms with E-state index in [0.717, 1.165) is 11.3 Å². The third-order valence-electron chi connectivity index (χ3n) is 3.70. The number of rotatable bonds is 5. The molecule has 0 saturated carbocycles. The van der Waals surface area contributed by atoms with Crippen LogP contribution in [0.2, 0.25) is 0 Å². The third kappa shape index (κ3) is 2.80. The fraction of sp³-hybridized carbons (Fsp3) is 0.400. The van der Waals surface area contributed by atoms with E-state index in [0.29, 0.717) is 32.5 Å². The molecule has 1 aliphatic rings. The third-order valence-corrected chi connectivity index (χ3v) is 3.70. The Morgan fingerprint density at radius 3 is 2.81 bits per heavy atom. The van der Waals surface area contributed by atoms with Crippen molar-refractivity contribution in [1.29, 1.82) is 0 Å². The zero-order valence-electron chi connectivity index (χ0n) is 12.0. The summed E-state index contributed by atoms with van der Waals surface area (Å²) in [7, 11) is 0. The van der Waals surface area contributed by atoms with E-state index < -0.39 is 0 Å². The van der Waals surface area contributed by atoms with Crippen LogP contribution in [0.3, 0.4) is 0 Å². The molecule has 1 aliphatic heterocycles. The van der Waals surface area contributed by atoms with Crippen LogP contribution in [0.4, 0.5) is 0 Å². The van der Waals surface area contributed by atoms with E-state index in [4.69, 9.17) is 0 Å². The van der Waals surface area contributed by atoms with Crippen molar-refractivity contribution in [1.82, 2.24) is 19.6 Å². The number of imidazole rings is 1. The molecule has 1 fully saturated rings. The van der Waals surface area contributed by atoms with Crippen LogP contribution in [0.25, 0.3) is 5.65 Å². The maximum Gasteiger partial charge on any atom is 0.229 e. The first-order chi connectivity index (χ1) is 10.1. The Morgan fingerprint density at radius 1 is 1.29 bits per heavy atom. The first-order valence-corrected chi connectivity index (χ1v) is 7.11. The molecule has 2 amide bonds. The van der Waals surface area contributed by atoms with Gasteiger partial charge in [-0.25, -0.2) is 4.98 Å². The molecule has 6 nitrogen and oxygen atoms in total. The number of carbonyl (C=O) groups excluding carboxylic acids is 2. The van der Waals surface area contributed by atoms with Gasteiger partial charge in [-0.3, -0.25) is 14.5 Å². The largest absolute Gasteiger partial charge is 0.309 e. The highest BCUT2D eigenvalue weighted by molar-refractivity contribution is 6.01. The lowest BCUT2D eigenvalue weighted by Gasteiger charge is -2.13. The van der Waals surface area contributed by atoms with Gasteiger partial charge in [0.15, 0.2) is 0 Å². The van der Waals surface area contributed by atoms with Crippen molar-refractivity contribution in [3.05, 3.63) is 35.8 Å². The smallest absolute Gasteiger partial charge is 0.229 e. The maximum absolute atomic E-state index is 11.5. The molecule has 3 rings (SSSR count). The molecule has 112 valence electrons. The average molecular weight is 288 g/mol. The summed E-state index contributed by atoms with van der Waals surface area (Å²) in [5.41, 5.74) is 3.16. The predicted octanol–water partition coefficient (Wildman–Crippen LogP) is 1.13. The Balaban J connectivity index is 0.00000176. The lowest BCUT2D eigenvalue weighted by atomic mass is 10.3. The minimum Gasteiger partial charge on any atom is -0.309 e. The molecule has 1 N–H and O–H groups in total. The number of hydrogen-bond donors (Lipinski definition) is 1. The van der Waals surface area contributed by atoms with Crippen molar-refractivity contribution in [2.24, 2.45) is 0 Å². The molecule has 0 bridgehead atoms. The summed E-state index contributed by atoms with van der Waals surface area (Å²) in [5, 5.41) is 3.26. The summed E-state index contributed by atoms with van der Waals surface area (Å²) in [6, 6.07) is 4.02. The van der Waals surface area contributed by atoms with Crippen molar-refractivity contribution in [3.8, 4) is 0 Å². The molecule has 6 heteroatoms. The molecule has 2 aromatic rings. The van der Waals surface area contributed by atoms with Gasteiger partial charge in [0.25, 0.3) is 0 Å². The number of nitrogens with zero attached hydrogens (tertiary/aromatic N) is 3. The molecular weight excluding hydrogens is 268 g/mol. The number of nitrogens with one attached hydrogen (secondary N) is 1. The maximum atomic E-state index is 11.5. The van der Waals surface area contributed by atoms with E-state index in [9.17, 15) is 9.59 Å². The monoisotopic (exact) mass is 288 g/mol. The van der Waals surface area contributed by atoms with Gasteiger partial charge in [-0.1, -0.05) is 6.07 Å². The quantitative estimate of drug-likeness (QED) is 0.661. The lowest BCUT2D eigenvalue weighted by Crippen LogP contribution is -2.35. The van der Waals surface area contributed by atoms with Crippen LogP contribution in [0, 0.1) is 6.92 Å². The molecule has 0 atom stereocenters. The molecule has 3 heterocycles. The topological polar surface area (TPSA) is 66.7 Å². The Hall–Kier alpha value is -2.21. The highest BCUT2D eigenvalue weighted by atomic mass is 16.2. The van der Waals surface area contributed by atoms with Gasteiger partial charge in [-0.2, -0.15) is 0 Å². The number of imide groups is 1. The number of aromatic nitrogens is 2. The number of likely N-dealkylation sites (tertiary alicyclic amines) is 1. The molecule has 1 saturated heterocycles. The lowest BCUT2D eigenvalue weighted by molar-refractivity contribution is -0.138. The van der Waals surface area contributed by atoms with Crippen LogP contribution >= 0.6 is 0 Å². The molecule has 0 radical (unpaired) electrons. The van der Waals surface area contributed by atoms with Crippen molar-refractivity contribution < 1.29 is 11.0 Å². The van der Waals surface area contributed by atoms with Crippen molar-refractivity contribution in [2.75, 3.05) is 13.1 Å². The van der Waals surface area contributed by atoms with Gasteiger partial charge in [-0.05, 0) is 18.6 Å². The van der Waals surface area contributed by atoms with Crippen LogP contribution in [0.15, 0.2) is 24.5 Å². The number of carbonyl (C=O) groups is 2. The minimum absolute atomic E-state index is 0. The molecule has 0 spiro atoms. The summed E-state index contributed by atoms with van der Waals surface area (Å²) < 4.78 is 2.05. The van der Waals surface area contributed by atoms with Crippen molar-refractivity contribution in [2.45, 2.75) is 26.3 Å². The molecule has 2 aromatic heterocycles. The second kappa shape index (κ2) is 5.65. The van der Waals surface area contributed by atoms with Gasteiger partial charge in [0.05, 0.1) is 11.9 Å². The Kier molecular flexibility index (Phi) is 3.70. The molecule has 0 unspecified atom stereocenters. The van der Waals surface area contributed by atoms with E-state index in [2.05, 4.69) is 14.7 Å². The van der Waals surface area contributed by atoms with Gasteiger partial charge in [0.2, 0.25) is 11.8 Å². The first kappa shape index (κ1) is 13.8. The number of pyridine rings is 1. The summed E-state index contributed by atoms with van der Waals surface area (Å²) in [6.07, 6.45) is 4.59. The van der Waals surface area contributed by atoms with Gasteiger partial charge in [0, 0.05) is 40.1 Å². The van der Waals surface area contributed by atoms with Gasteiger partial charge < -0.3 is 9.72 Å². The SMILES string of the molecule is Cc1ccc2ncc(CNCCN3C(=O)CCC3=O)n2c1.[HH]. The fourth-order valence-corrected chi connectivity index (χ4v) is 2.55. The summed E-state index contributed by atoms with van der Waals surface area (Å²) >= 11 is 0. The Morgan fingerprint density at radius 2 is 2.05 bits per heavy atom. The van der Waals surface area contributed by atoms with Gasteiger partial charge in [-0.15, -0.1) is 0 Å². The number of fused-ring (bicyclic) bond motifs is 1. The average Bonchev–Trinajstić information content (AvgIpc) is 3.00. The summed E-state index contributed by atoms with van der Waals surface area (Å²) in [4.78, 5) is 28.6. The second-order valence-corrected chi connectivity index (χ2v) is 5.30. The van der Waals surface area contributed by atoms with Crippen LogP contribution in [0.1, 0.15) is 25.5 Å². The van der Waals surface area contributed by atoms with Crippen LogP contribution < -0.4 is 5.32 Å². The highest BCUT2D eigenvalue weighted by Gasteiger charge is 2.27. The van der Waals surface area contributed by atoms with Crippen LogP contribution in [-0.2, 0) is 16.1 Å².